The van der Waals surface area contributed by atoms with Gasteiger partial charge < -0.3 is 10.1 Å². The summed E-state index contributed by atoms with van der Waals surface area (Å²) >= 11 is 0. The molecule has 8 heteroatoms. The second kappa shape index (κ2) is 5.04. The molecule has 108 valence electrons. The zero-order chi connectivity index (χ0) is 14.9. The summed E-state index contributed by atoms with van der Waals surface area (Å²) in [5, 5.41) is 9.61. The maximum atomic E-state index is 12.1. The second-order valence-electron chi connectivity index (χ2n) is 5.29. The summed E-state index contributed by atoms with van der Waals surface area (Å²) in [5.41, 5.74) is -2.91. The van der Waals surface area contributed by atoms with Gasteiger partial charge in [-0.15, -0.1) is 0 Å². The van der Waals surface area contributed by atoms with Crippen LogP contribution in [-0.2, 0) is 6.54 Å². The highest BCUT2D eigenvalue weighted by molar-refractivity contribution is 5.70. The van der Waals surface area contributed by atoms with Crippen molar-refractivity contribution in [3.63, 3.8) is 0 Å². The smallest absolute Gasteiger partial charge is 0.326 e. The summed E-state index contributed by atoms with van der Waals surface area (Å²) in [7, 11) is 0. The fourth-order valence-corrected chi connectivity index (χ4v) is 1.92. The van der Waals surface area contributed by atoms with Crippen LogP contribution in [0.1, 0.15) is 26.7 Å². The van der Waals surface area contributed by atoms with E-state index in [4.69, 9.17) is 0 Å². The summed E-state index contributed by atoms with van der Waals surface area (Å²) in [6.07, 6.45) is 2.36. The van der Waals surface area contributed by atoms with Gasteiger partial charge in [0, 0.05) is 6.54 Å². The first kappa shape index (κ1) is 14.2. The van der Waals surface area contributed by atoms with Crippen LogP contribution in [0.25, 0.3) is 11.0 Å². The molecule has 0 aliphatic heterocycles. The van der Waals surface area contributed by atoms with E-state index in [9.17, 15) is 19.5 Å². The molecule has 0 bridgehead atoms. The lowest BCUT2D eigenvalue weighted by atomic mass is 10.0. The lowest BCUT2D eigenvalue weighted by molar-refractivity contribution is 0.0674. The molecule has 0 radical (unpaired) electrons. The van der Waals surface area contributed by atoms with Gasteiger partial charge in [0.2, 0.25) is 0 Å². The van der Waals surface area contributed by atoms with Crippen molar-refractivity contribution in [3.05, 3.63) is 37.5 Å². The van der Waals surface area contributed by atoms with Crippen molar-refractivity contribution in [1.82, 2.24) is 19.5 Å². The Hall–Kier alpha value is -2.22. The monoisotopic (exact) mass is 280 g/mol. The Morgan fingerprint density at radius 1 is 1.30 bits per heavy atom. The lowest BCUT2D eigenvalue weighted by Crippen LogP contribution is -2.30. The summed E-state index contributed by atoms with van der Waals surface area (Å²) < 4.78 is 1.31. The molecule has 0 saturated heterocycles. The average Bonchev–Trinajstić information content (AvgIpc) is 2.31. The van der Waals surface area contributed by atoms with Gasteiger partial charge in [-0.3, -0.25) is 19.1 Å². The molecule has 0 atom stereocenters. The average molecular weight is 280 g/mol. The molecule has 0 aliphatic carbocycles. The van der Waals surface area contributed by atoms with Crippen LogP contribution < -0.4 is 16.8 Å². The Morgan fingerprint density at radius 3 is 2.65 bits per heavy atom. The Morgan fingerprint density at radius 2 is 2.00 bits per heavy atom. The number of aryl methyl sites for hydroxylation is 1. The molecule has 0 amide bonds. The molecule has 3 N–H and O–H groups in total. The number of hydrogen-bond donors (Lipinski definition) is 3. The maximum absolute atomic E-state index is 12.1. The molecule has 0 unspecified atom stereocenters. The quantitative estimate of drug-likeness (QED) is 0.685. The SMILES string of the molecule is CC(C)(O)CCCn1cnc2c(=O)[nH]c(=O)[nH]c2c1=O. The van der Waals surface area contributed by atoms with Crippen LogP contribution >= 0.6 is 0 Å². The van der Waals surface area contributed by atoms with Crippen LogP contribution in [0.2, 0.25) is 0 Å². The van der Waals surface area contributed by atoms with Crippen LogP contribution in [0.5, 0.6) is 0 Å². The number of aliphatic hydroxyl groups is 1. The van der Waals surface area contributed by atoms with Crippen LogP contribution in [0.3, 0.4) is 0 Å². The van der Waals surface area contributed by atoms with Gasteiger partial charge in [-0.05, 0) is 26.7 Å². The van der Waals surface area contributed by atoms with Gasteiger partial charge in [-0.2, -0.15) is 0 Å². The Balaban J connectivity index is 2.38. The molecule has 20 heavy (non-hydrogen) atoms. The fourth-order valence-electron chi connectivity index (χ4n) is 1.92. The van der Waals surface area contributed by atoms with Gasteiger partial charge in [0.1, 0.15) is 5.52 Å². The summed E-state index contributed by atoms with van der Waals surface area (Å²) in [6, 6.07) is 0. The lowest BCUT2D eigenvalue weighted by Gasteiger charge is -2.16. The Labute approximate surface area is 113 Å². The highest BCUT2D eigenvalue weighted by Crippen LogP contribution is 2.10. The first-order valence-electron chi connectivity index (χ1n) is 6.22. The number of nitrogens with one attached hydrogen (secondary N) is 2. The number of fused-ring (bicyclic) bond motifs is 1. The first-order chi connectivity index (χ1) is 9.28. The summed E-state index contributed by atoms with van der Waals surface area (Å²) in [6.45, 7) is 3.72. The van der Waals surface area contributed by atoms with E-state index in [1.165, 1.54) is 10.9 Å². The second-order valence-corrected chi connectivity index (χ2v) is 5.29. The maximum Gasteiger partial charge on any atom is 0.326 e. The third kappa shape index (κ3) is 3.02. The van der Waals surface area contributed by atoms with Crippen molar-refractivity contribution in [2.75, 3.05) is 0 Å². The molecule has 2 rings (SSSR count). The standard InChI is InChI=1S/C12H16N4O4/c1-12(2,20)4-3-5-16-6-13-7-8(10(16)18)14-11(19)15-9(7)17/h6,20H,3-5H2,1-2H3,(H2,14,15,17,19). The van der Waals surface area contributed by atoms with Gasteiger partial charge in [0.25, 0.3) is 11.1 Å². The molecular formula is C12H16N4O4. The Kier molecular flexibility index (Phi) is 3.58. The van der Waals surface area contributed by atoms with E-state index in [1.54, 1.807) is 13.8 Å². The largest absolute Gasteiger partial charge is 0.390 e. The number of aromatic nitrogens is 4. The van der Waals surface area contributed by atoms with Gasteiger partial charge >= 0.3 is 5.69 Å². The van der Waals surface area contributed by atoms with E-state index < -0.39 is 22.4 Å². The zero-order valence-corrected chi connectivity index (χ0v) is 11.3. The van der Waals surface area contributed by atoms with Crippen molar-refractivity contribution >= 4 is 11.0 Å². The first-order valence-corrected chi connectivity index (χ1v) is 6.22. The Bertz CT molecular complexity index is 794. The van der Waals surface area contributed by atoms with E-state index in [0.717, 1.165) is 0 Å². The van der Waals surface area contributed by atoms with E-state index >= 15 is 0 Å². The third-order valence-corrected chi connectivity index (χ3v) is 2.91. The molecule has 0 spiro atoms. The highest BCUT2D eigenvalue weighted by atomic mass is 16.3. The molecule has 0 fully saturated rings. The van der Waals surface area contributed by atoms with Crippen LogP contribution in [0, 0.1) is 0 Å². The van der Waals surface area contributed by atoms with E-state index in [1.807, 2.05) is 4.98 Å². The predicted molar refractivity (Wildman–Crippen MR) is 72.8 cm³/mol. The number of rotatable bonds is 4. The molecule has 0 saturated carbocycles. The third-order valence-electron chi connectivity index (χ3n) is 2.91. The minimum atomic E-state index is -0.806. The van der Waals surface area contributed by atoms with Crippen molar-refractivity contribution in [1.29, 1.82) is 0 Å². The predicted octanol–water partition coefficient (Wildman–Crippen LogP) is -0.676. The van der Waals surface area contributed by atoms with Crippen molar-refractivity contribution in [3.8, 4) is 0 Å². The van der Waals surface area contributed by atoms with Gasteiger partial charge in [-0.1, -0.05) is 0 Å². The fraction of sp³-hybridized carbons (Fsp3) is 0.500. The van der Waals surface area contributed by atoms with E-state index in [2.05, 4.69) is 9.97 Å². The van der Waals surface area contributed by atoms with Crippen molar-refractivity contribution < 1.29 is 5.11 Å². The minimum Gasteiger partial charge on any atom is -0.390 e. The van der Waals surface area contributed by atoms with Crippen molar-refractivity contribution in [2.45, 2.75) is 38.8 Å². The molecule has 8 nitrogen and oxygen atoms in total. The number of H-pyrrole nitrogens is 2. The number of nitrogens with zero attached hydrogens (tertiary/aromatic N) is 2. The zero-order valence-electron chi connectivity index (χ0n) is 11.3. The van der Waals surface area contributed by atoms with Crippen LogP contribution in [0.15, 0.2) is 20.7 Å². The molecule has 0 aromatic carbocycles. The molecule has 2 heterocycles. The van der Waals surface area contributed by atoms with Gasteiger partial charge in [0.05, 0.1) is 11.9 Å². The molecule has 2 aromatic rings. The van der Waals surface area contributed by atoms with Crippen LogP contribution in [0.4, 0.5) is 0 Å². The number of aromatic amines is 2. The minimum absolute atomic E-state index is 0.0895. The van der Waals surface area contributed by atoms with E-state index in [-0.39, 0.29) is 11.0 Å². The topological polar surface area (TPSA) is 121 Å². The molecule has 0 aliphatic rings. The molecular weight excluding hydrogens is 264 g/mol. The molecule has 2 aromatic heterocycles. The highest BCUT2D eigenvalue weighted by Gasteiger charge is 2.13. The normalized spacial score (nSPS) is 11.9. The van der Waals surface area contributed by atoms with Crippen molar-refractivity contribution in [2.24, 2.45) is 0 Å². The summed E-state index contributed by atoms with van der Waals surface area (Å²) in [4.78, 5) is 43.0. The van der Waals surface area contributed by atoms with E-state index in [0.29, 0.717) is 19.4 Å². The van der Waals surface area contributed by atoms with Gasteiger partial charge in [0.15, 0.2) is 5.52 Å². The summed E-state index contributed by atoms with van der Waals surface area (Å²) in [5.74, 6) is 0. The van der Waals surface area contributed by atoms with Crippen LogP contribution in [-0.4, -0.2) is 30.2 Å². The number of hydrogen-bond acceptors (Lipinski definition) is 5. The van der Waals surface area contributed by atoms with Gasteiger partial charge in [-0.25, -0.2) is 9.78 Å².